The Labute approximate surface area is 144 Å². The van der Waals surface area contributed by atoms with E-state index in [9.17, 15) is 9.18 Å². The smallest absolute Gasteiger partial charge is 0.289 e. The van der Waals surface area contributed by atoms with Crippen molar-refractivity contribution in [3.63, 3.8) is 0 Å². The summed E-state index contributed by atoms with van der Waals surface area (Å²) in [5.41, 5.74) is 1.23. The maximum atomic E-state index is 13.4. The number of rotatable bonds is 2. The monoisotopic (exact) mass is 342 g/mol. The summed E-state index contributed by atoms with van der Waals surface area (Å²) in [6.45, 7) is 3.08. The summed E-state index contributed by atoms with van der Waals surface area (Å²) in [6, 6.07) is 4.31. The number of nitrogens with zero attached hydrogens (tertiary/aromatic N) is 4. The number of fused-ring (bicyclic) bond motifs is 1. The lowest BCUT2D eigenvalue weighted by Crippen LogP contribution is -2.38. The third-order valence-electron chi connectivity index (χ3n) is 4.99. The molecule has 1 saturated heterocycles. The van der Waals surface area contributed by atoms with Crippen LogP contribution in [0.25, 0.3) is 11.0 Å². The van der Waals surface area contributed by atoms with Crippen LogP contribution in [0.4, 0.5) is 4.39 Å². The zero-order chi connectivity index (χ0) is 17.6. The summed E-state index contributed by atoms with van der Waals surface area (Å²) in [5.74, 6) is 1.10. The molecule has 25 heavy (non-hydrogen) atoms. The van der Waals surface area contributed by atoms with Crippen molar-refractivity contribution in [3.05, 3.63) is 47.5 Å². The summed E-state index contributed by atoms with van der Waals surface area (Å²) in [5, 5.41) is 8.75. The fourth-order valence-electron chi connectivity index (χ4n) is 3.54. The van der Waals surface area contributed by atoms with E-state index in [1.807, 2.05) is 11.6 Å². The first kappa shape index (κ1) is 15.8. The number of furan rings is 1. The first-order valence-electron chi connectivity index (χ1n) is 8.36. The minimum atomic E-state index is -0.333. The number of likely N-dealkylation sites (tertiary alicyclic amines) is 1. The van der Waals surface area contributed by atoms with E-state index in [4.69, 9.17) is 4.42 Å². The molecule has 0 N–H and O–H groups in total. The molecule has 0 bridgehead atoms. The van der Waals surface area contributed by atoms with Gasteiger partial charge in [-0.25, -0.2) is 4.39 Å². The van der Waals surface area contributed by atoms with Crippen molar-refractivity contribution in [2.75, 3.05) is 13.1 Å². The van der Waals surface area contributed by atoms with Gasteiger partial charge < -0.3 is 13.9 Å². The average molecular weight is 342 g/mol. The van der Waals surface area contributed by atoms with E-state index >= 15 is 0 Å². The normalized spacial score (nSPS) is 15.9. The van der Waals surface area contributed by atoms with Crippen molar-refractivity contribution in [1.82, 2.24) is 19.7 Å². The molecule has 130 valence electrons. The highest BCUT2D eigenvalue weighted by Crippen LogP contribution is 2.30. The largest absolute Gasteiger partial charge is 0.451 e. The highest BCUT2D eigenvalue weighted by molar-refractivity contribution is 5.99. The predicted octanol–water partition coefficient (Wildman–Crippen LogP) is 3.03. The predicted molar refractivity (Wildman–Crippen MR) is 89.8 cm³/mol. The molecule has 4 rings (SSSR count). The van der Waals surface area contributed by atoms with E-state index in [2.05, 4.69) is 10.2 Å². The number of carbonyl (C=O) groups excluding carboxylic acids is 1. The van der Waals surface area contributed by atoms with Crippen LogP contribution in [0.1, 0.15) is 40.7 Å². The Balaban J connectivity index is 1.53. The van der Waals surface area contributed by atoms with Crippen LogP contribution in [0.3, 0.4) is 0 Å². The summed E-state index contributed by atoms with van der Waals surface area (Å²) >= 11 is 0. The Morgan fingerprint density at radius 3 is 2.76 bits per heavy atom. The van der Waals surface area contributed by atoms with Gasteiger partial charge in [-0.15, -0.1) is 10.2 Å². The number of hydrogen-bond acceptors (Lipinski definition) is 4. The number of piperidine rings is 1. The summed E-state index contributed by atoms with van der Waals surface area (Å²) < 4.78 is 21.1. The van der Waals surface area contributed by atoms with Crippen LogP contribution in [0.5, 0.6) is 0 Å². The number of aryl methyl sites for hydroxylation is 2. The van der Waals surface area contributed by atoms with Crippen LogP contribution in [0.2, 0.25) is 0 Å². The Morgan fingerprint density at radius 2 is 2.08 bits per heavy atom. The van der Waals surface area contributed by atoms with E-state index in [0.29, 0.717) is 41.3 Å². The van der Waals surface area contributed by atoms with Crippen molar-refractivity contribution in [1.29, 1.82) is 0 Å². The minimum Gasteiger partial charge on any atom is -0.451 e. The molecule has 0 radical (unpaired) electrons. The van der Waals surface area contributed by atoms with Gasteiger partial charge in [0.2, 0.25) is 0 Å². The molecule has 0 unspecified atom stereocenters. The Hall–Kier alpha value is -2.70. The second-order valence-electron chi connectivity index (χ2n) is 6.56. The van der Waals surface area contributed by atoms with Crippen LogP contribution >= 0.6 is 0 Å². The number of amides is 1. The van der Waals surface area contributed by atoms with Gasteiger partial charge in [-0.1, -0.05) is 0 Å². The first-order valence-corrected chi connectivity index (χ1v) is 8.36. The van der Waals surface area contributed by atoms with Gasteiger partial charge in [0.05, 0.1) is 0 Å². The molecule has 0 spiro atoms. The van der Waals surface area contributed by atoms with Crippen LogP contribution in [0, 0.1) is 12.7 Å². The molecule has 1 aliphatic heterocycles. The molecule has 1 aromatic carbocycles. The minimum absolute atomic E-state index is 0.134. The summed E-state index contributed by atoms with van der Waals surface area (Å²) in [4.78, 5) is 14.6. The molecule has 3 heterocycles. The molecule has 0 atom stereocenters. The number of hydrogen-bond donors (Lipinski definition) is 0. The quantitative estimate of drug-likeness (QED) is 0.718. The lowest BCUT2D eigenvalue weighted by molar-refractivity contribution is 0.0679. The molecular formula is C18H19FN4O2. The summed E-state index contributed by atoms with van der Waals surface area (Å²) in [7, 11) is 1.93. The third-order valence-corrected chi connectivity index (χ3v) is 4.99. The second kappa shape index (κ2) is 5.98. The number of halogens is 1. The fourth-order valence-corrected chi connectivity index (χ4v) is 3.54. The zero-order valence-electron chi connectivity index (χ0n) is 14.2. The van der Waals surface area contributed by atoms with E-state index in [-0.39, 0.29) is 11.7 Å². The molecule has 1 fully saturated rings. The van der Waals surface area contributed by atoms with Crippen molar-refractivity contribution in [2.24, 2.45) is 7.05 Å². The maximum absolute atomic E-state index is 13.4. The lowest BCUT2D eigenvalue weighted by Gasteiger charge is -2.31. The van der Waals surface area contributed by atoms with E-state index < -0.39 is 0 Å². The standard InChI is InChI=1S/C18H19FN4O2/c1-11-14-9-13(19)3-4-15(14)25-16(11)18(24)23-7-5-12(6-8-23)17-21-20-10-22(17)2/h3-4,9-10,12H,5-8H2,1-2H3. The van der Waals surface area contributed by atoms with Crippen molar-refractivity contribution < 1.29 is 13.6 Å². The van der Waals surface area contributed by atoms with Crippen molar-refractivity contribution in [3.8, 4) is 0 Å². The molecule has 0 aliphatic carbocycles. The Kier molecular flexibility index (Phi) is 3.78. The Morgan fingerprint density at radius 1 is 1.32 bits per heavy atom. The van der Waals surface area contributed by atoms with E-state index in [1.54, 1.807) is 24.2 Å². The SMILES string of the molecule is Cc1c(C(=O)N2CCC(c3nncn3C)CC2)oc2ccc(F)cc12. The van der Waals surface area contributed by atoms with Gasteiger partial charge in [-0.2, -0.15) is 0 Å². The highest BCUT2D eigenvalue weighted by Gasteiger charge is 2.29. The lowest BCUT2D eigenvalue weighted by atomic mass is 9.95. The topological polar surface area (TPSA) is 64.2 Å². The average Bonchev–Trinajstić information content (AvgIpc) is 3.18. The Bertz CT molecular complexity index is 938. The number of aromatic nitrogens is 3. The van der Waals surface area contributed by atoms with Crippen molar-refractivity contribution in [2.45, 2.75) is 25.7 Å². The van der Waals surface area contributed by atoms with Gasteiger partial charge in [-0.05, 0) is 38.0 Å². The third kappa shape index (κ3) is 2.69. The summed E-state index contributed by atoms with van der Waals surface area (Å²) in [6.07, 6.45) is 3.38. The zero-order valence-corrected chi connectivity index (χ0v) is 14.2. The van der Waals surface area contributed by atoms with Gasteiger partial charge in [0.15, 0.2) is 5.76 Å². The van der Waals surface area contributed by atoms with Gasteiger partial charge >= 0.3 is 0 Å². The van der Waals surface area contributed by atoms with E-state index in [0.717, 1.165) is 18.7 Å². The first-order chi connectivity index (χ1) is 12.0. The second-order valence-corrected chi connectivity index (χ2v) is 6.56. The number of benzene rings is 1. The van der Waals surface area contributed by atoms with Crippen molar-refractivity contribution >= 4 is 16.9 Å². The molecule has 0 saturated carbocycles. The number of carbonyl (C=O) groups is 1. The highest BCUT2D eigenvalue weighted by atomic mass is 19.1. The van der Waals surface area contributed by atoms with Gasteiger partial charge in [0, 0.05) is 37.0 Å². The molecule has 6 nitrogen and oxygen atoms in total. The molecule has 2 aromatic heterocycles. The van der Waals surface area contributed by atoms with Crippen LogP contribution < -0.4 is 0 Å². The van der Waals surface area contributed by atoms with Gasteiger partial charge in [-0.3, -0.25) is 4.79 Å². The fraction of sp³-hybridized carbons (Fsp3) is 0.389. The van der Waals surface area contributed by atoms with E-state index in [1.165, 1.54) is 12.1 Å². The molecule has 3 aromatic rings. The van der Waals surface area contributed by atoms with Crippen LogP contribution in [-0.4, -0.2) is 38.7 Å². The molecule has 1 amide bonds. The van der Waals surface area contributed by atoms with Gasteiger partial charge in [0.25, 0.3) is 5.91 Å². The molecule has 7 heteroatoms. The maximum Gasteiger partial charge on any atom is 0.289 e. The van der Waals surface area contributed by atoms with Crippen LogP contribution in [-0.2, 0) is 7.05 Å². The molecule has 1 aliphatic rings. The van der Waals surface area contributed by atoms with Crippen LogP contribution in [0.15, 0.2) is 28.9 Å². The van der Waals surface area contributed by atoms with Gasteiger partial charge in [0.1, 0.15) is 23.6 Å². The molecular weight excluding hydrogens is 323 g/mol.